The highest BCUT2D eigenvalue weighted by Crippen LogP contribution is 2.23. The van der Waals surface area contributed by atoms with E-state index in [0.29, 0.717) is 17.8 Å². The zero-order chi connectivity index (χ0) is 13.6. The van der Waals surface area contributed by atoms with Gasteiger partial charge in [0.25, 0.3) is 0 Å². The third-order valence-corrected chi connectivity index (χ3v) is 5.83. The average molecular weight is 279 g/mol. The Morgan fingerprint density at radius 1 is 1.32 bits per heavy atom. The topological polar surface area (TPSA) is 98.2 Å². The Balaban J connectivity index is 2.36. The van der Waals surface area contributed by atoms with Crippen molar-refractivity contribution in [2.24, 2.45) is 5.73 Å². The van der Waals surface area contributed by atoms with Crippen LogP contribution in [0.25, 0.3) is 11.8 Å². The zero-order valence-electron chi connectivity index (χ0n) is 10.5. The molecule has 1 aromatic rings. The monoisotopic (exact) mass is 279 g/mol. The van der Waals surface area contributed by atoms with Crippen molar-refractivity contribution < 1.29 is 8.42 Å². The quantitative estimate of drug-likeness (QED) is 0.509. The summed E-state index contributed by atoms with van der Waals surface area (Å²) in [5, 5.41) is 4.52. The van der Waals surface area contributed by atoms with Crippen LogP contribution < -0.4 is 27.2 Å². The fourth-order valence-electron chi connectivity index (χ4n) is 2.83. The van der Waals surface area contributed by atoms with Gasteiger partial charge in [0.2, 0.25) is 0 Å². The van der Waals surface area contributed by atoms with E-state index in [1.807, 2.05) is 18.2 Å². The van der Waals surface area contributed by atoms with Gasteiger partial charge in [-0.2, -0.15) is 0 Å². The summed E-state index contributed by atoms with van der Waals surface area (Å²) < 4.78 is 24.6. The van der Waals surface area contributed by atoms with Crippen LogP contribution in [-0.2, 0) is 9.84 Å². The molecule has 1 aromatic carbocycles. The second-order valence-corrected chi connectivity index (χ2v) is 7.34. The minimum Gasteiger partial charge on any atom is -0.399 e. The van der Waals surface area contributed by atoms with Crippen LogP contribution in [0.4, 0.5) is 5.69 Å². The molecule has 3 rings (SSSR count). The van der Waals surface area contributed by atoms with Gasteiger partial charge >= 0.3 is 0 Å². The molecule has 1 aliphatic carbocycles. The van der Waals surface area contributed by atoms with E-state index in [0.717, 1.165) is 16.9 Å². The van der Waals surface area contributed by atoms with Crippen molar-refractivity contribution in [1.29, 1.82) is 0 Å². The molecule has 5 N–H and O–H groups in total. The summed E-state index contributed by atoms with van der Waals surface area (Å²) in [6, 6.07) is 5.57. The summed E-state index contributed by atoms with van der Waals surface area (Å²) in [5.41, 5.74) is 13.0. The van der Waals surface area contributed by atoms with E-state index in [1.165, 1.54) is 0 Å². The highest BCUT2D eigenvalue weighted by Gasteiger charge is 2.36. The van der Waals surface area contributed by atoms with Crippen LogP contribution in [0.1, 0.15) is 12.8 Å². The molecular weight excluding hydrogens is 262 g/mol. The molecule has 1 aliphatic heterocycles. The van der Waals surface area contributed by atoms with Crippen molar-refractivity contribution in [2.75, 3.05) is 11.5 Å². The maximum absolute atomic E-state index is 12.3. The van der Waals surface area contributed by atoms with Crippen molar-refractivity contribution in [3.63, 3.8) is 0 Å². The van der Waals surface area contributed by atoms with Gasteiger partial charge in [0, 0.05) is 16.6 Å². The first-order valence-corrected chi connectivity index (χ1v) is 8.02. The maximum atomic E-state index is 12.3. The van der Waals surface area contributed by atoms with E-state index in [4.69, 9.17) is 11.5 Å². The van der Waals surface area contributed by atoms with Gasteiger partial charge in [-0.25, -0.2) is 8.42 Å². The number of fused-ring (bicyclic) bond motifs is 2. The standard InChI is InChI=1S/C13H17N3O2S/c14-9-5-4-8-2-1-3-11-13(10(8)6-9)16-12(15)7-19(11,17)18/h2,4-6,11-12,16H,1,3,7,14-15H2. The van der Waals surface area contributed by atoms with Crippen molar-refractivity contribution in [1.82, 2.24) is 5.32 Å². The van der Waals surface area contributed by atoms with Crippen LogP contribution >= 0.6 is 0 Å². The number of nitrogens with two attached hydrogens (primary N) is 2. The first kappa shape index (κ1) is 12.5. The summed E-state index contributed by atoms with van der Waals surface area (Å²) in [6.45, 7) is 0. The molecule has 1 saturated heterocycles. The molecule has 6 heteroatoms. The SMILES string of the molecule is Nc1ccc2c(c1)=C1NC(N)CS(=O)(=O)C1CCC=2. The number of hydrogen-bond acceptors (Lipinski definition) is 5. The first-order chi connectivity index (χ1) is 8.97. The van der Waals surface area contributed by atoms with Crippen molar-refractivity contribution >= 4 is 27.3 Å². The maximum Gasteiger partial charge on any atom is 0.162 e. The molecule has 2 atom stereocenters. The molecule has 5 nitrogen and oxygen atoms in total. The molecule has 0 bridgehead atoms. The van der Waals surface area contributed by atoms with Gasteiger partial charge in [-0.15, -0.1) is 0 Å². The average Bonchev–Trinajstić information content (AvgIpc) is 2.48. The van der Waals surface area contributed by atoms with Crippen LogP contribution in [0.15, 0.2) is 18.2 Å². The second kappa shape index (κ2) is 4.25. The van der Waals surface area contributed by atoms with Crippen molar-refractivity contribution in [3.8, 4) is 0 Å². The van der Waals surface area contributed by atoms with E-state index in [-0.39, 0.29) is 5.75 Å². The van der Waals surface area contributed by atoms with Gasteiger partial charge in [0.1, 0.15) is 5.25 Å². The molecule has 19 heavy (non-hydrogen) atoms. The predicted molar refractivity (Wildman–Crippen MR) is 75.9 cm³/mol. The number of nitrogen functional groups attached to an aromatic ring is 1. The molecule has 0 saturated carbocycles. The molecule has 0 radical (unpaired) electrons. The highest BCUT2D eigenvalue weighted by molar-refractivity contribution is 7.92. The largest absolute Gasteiger partial charge is 0.399 e. The Kier molecular flexibility index (Phi) is 2.79. The van der Waals surface area contributed by atoms with Gasteiger partial charge in [-0.05, 0) is 30.2 Å². The third-order valence-electron chi connectivity index (χ3n) is 3.67. The number of anilines is 1. The lowest BCUT2D eigenvalue weighted by atomic mass is 10.1. The number of sulfone groups is 1. The van der Waals surface area contributed by atoms with E-state index in [2.05, 4.69) is 11.4 Å². The summed E-state index contributed by atoms with van der Waals surface area (Å²) >= 11 is 0. The van der Waals surface area contributed by atoms with Crippen LogP contribution in [-0.4, -0.2) is 25.6 Å². The van der Waals surface area contributed by atoms with Crippen molar-refractivity contribution in [3.05, 3.63) is 28.6 Å². The molecule has 1 heterocycles. The Labute approximate surface area is 111 Å². The Morgan fingerprint density at radius 2 is 2.11 bits per heavy atom. The van der Waals surface area contributed by atoms with Crippen molar-refractivity contribution in [2.45, 2.75) is 24.3 Å². The highest BCUT2D eigenvalue weighted by atomic mass is 32.2. The van der Waals surface area contributed by atoms with Crippen LogP contribution in [0.2, 0.25) is 0 Å². The Morgan fingerprint density at radius 3 is 2.89 bits per heavy atom. The van der Waals surface area contributed by atoms with Crippen LogP contribution in [0, 0.1) is 0 Å². The number of hydrogen-bond donors (Lipinski definition) is 3. The second-order valence-electron chi connectivity index (χ2n) is 5.11. The molecule has 0 aromatic heterocycles. The summed E-state index contributed by atoms with van der Waals surface area (Å²) in [7, 11) is -3.20. The lowest BCUT2D eigenvalue weighted by molar-refractivity contribution is 0.548. The number of nitrogens with one attached hydrogen (secondary N) is 1. The normalized spacial score (nSPS) is 28.4. The van der Waals surface area contributed by atoms with Crippen LogP contribution in [0.3, 0.4) is 0 Å². The van der Waals surface area contributed by atoms with Gasteiger partial charge in [0.15, 0.2) is 9.84 Å². The summed E-state index contributed by atoms with van der Waals surface area (Å²) in [5.74, 6) is -0.0151. The number of benzene rings is 1. The van der Waals surface area contributed by atoms with Gasteiger partial charge in [-0.1, -0.05) is 12.1 Å². The molecule has 102 valence electrons. The minimum atomic E-state index is -3.20. The molecular formula is C13H17N3O2S. The molecule has 2 aliphatic rings. The molecule has 2 unspecified atom stereocenters. The van der Waals surface area contributed by atoms with Gasteiger partial charge < -0.3 is 16.8 Å². The predicted octanol–water partition coefficient (Wildman–Crippen LogP) is -1.38. The smallest absolute Gasteiger partial charge is 0.162 e. The van der Waals surface area contributed by atoms with E-state index in [1.54, 1.807) is 0 Å². The lowest BCUT2D eigenvalue weighted by Gasteiger charge is -2.30. The number of rotatable bonds is 0. The molecule has 1 fully saturated rings. The van der Waals surface area contributed by atoms with E-state index >= 15 is 0 Å². The summed E-state index contributed by atoms with van der Waals surface area (Å²) in [6.07, 6.45) is 2.83. The Bertz CT molecular complexity index is 740. The van der Waals surface area contributed by atoms with Crippen LogP contribution in [0.5, 0.6) is 0 Å². The first-order valence-electron chi connectivity index (χ1n) is 6.31. The van der Waals surface area contributed by atoms with Gasteiger partial charge in [-0.3, -0.25) is 0 Å². The fourth-order valence-corrected chi connectivity index (χ4v) is 4.70. The van der Waals surface area contributed by atoms with Gasteiger partial charge in [0.05, 0.1) is 11.9 Å². The van der Waals surface area contributed by atoms with E-state index in [9.17, 15) is 8.42 Å². The minimum absolute atomic E-state index is 0.0151. The summed E-state index contributed by atoms with van der Waals surface area (Å²) in [4.78, 5) is 0. The fraction of sp³-hybridized carbons (Fsp3) is 0.385. The van der Waals surface area contributed by atoms with E-state index < -0.39 is 21.3 Å². The lowest BCUT2D eigenvalue weighted by Crippen LogP contribution is -2.55. The Hall–Kier alpha value is -1.53. The zero-order valence-corrected chi connectivity index (χ0v) is 11.3. The molecule has 0 spiro atoms. The third kappa shape index (κ3) is 2.11. The molecule has 0 amide bonds.